The molecule has 0 amide bonds. The number of aliphatic hydroxyl groups excluding tert-OH is 1. The van der Waals surface area contributed by atoms with Gasteiger partial charge in [-0.2, -0.15) is 0 Å². The Morgan fingerprint density at radius 3 is 2.81 bits per heavy atom. The van der Waals surface area contributed by atoms with E-state index < -0.39 is 0 Å². The van der Waals surface area contributed by atoms with Crippen molar-refractivity contribution in [1.82, 2.24) is 5.32 Å². The second kappa shape index (κ2) is 4.56. The first-order valence-corrected chi connectivity index (χ1v) is 6.03. The topological polar surface area (TPSA) is 32.3 Å². The van der Waals surface area contributed by atoms with Crippen LogP contribution in [0.2, 0.25) is 0 Å². The van der Waals surface area contributed by atoms with Gasteiger partial charge in [0.15, 0.2) is 0 Å². The van der Waals surface area contributed by atoms with E-state index in [0.717, 1.165) is 25.9 Å². The molecule has 88 valence electrons. The minimum atomic E-state index is 0.0680. The standard InChI is InChI=1S/C14H21NO/c1-11-3-4-12(2)13(7-11)8-14(10-16)5-6-15-9-14/h3-4,7,15-16H,5-6,8-10H2,1-2H3. The lowest BCUT2D eigenvalue weighted by atomic mass is 9.80. The second-order valence-corrected chi connectivity index (χ2v) is 5.19. The van der Waals surface area contributed by atoms with Gasteiger partial charge in [-0.1, -0.05) is 23.8 Å². The molecule has 1 aliphatic heterocycles. The van der Waals surface area contributed by atoms with Crippen LogP contribution in [0.15, 0.2) is 18.2 Å². The summed E-state index contributed by atoms with van der Waals surface area (Å²) in [6.07, 6.45) is 2.07. The van der Waals surface area contributed by atoms with E-state index in [9.17, 15) is 5.11 Å². The molecule has 0 bridgehead atoms. The quantitative estimate of drug-likeness (QED) is 0.812. The molecule has 1 aromatic carbocycles. The molecule has 2 nitrogen and oxygen atoms in total. The van der Waals surface area contributed by atoms with Crippen LogP contribution in [-0.4, -0.2) is 24.8 Å². The average Bonchev–Trinajstić information content (AvgIpc) is 2.73. The van der Waals surface area contributed by atoms with Crippen LogP contribution in [0.25, 0.3) is 0 Å². The van der Waals surface area contributed by atoms with Crippen molar-refractivity contribution in [3.8, 4) is 0 Å². The maximum atomic E-state index is 9.60. The molecule has 1 heterocycles. The van der Waals surface area contributed by atoms with E-state index in [4.69, 9.17) is 0 Å². The van der Waals surface area contributed by atoms with Crippen LogP contribution >= 0.6 is 0 Å². The summed E-state index contributed by atoms with van der Waals surface area (Å²) in [5.74, 6) is 0. The molecule has 1 unspecified atom stereocenters. The zero-order chi connectivity index (χ0) is 11.6. The number of aryl methyl sites for hydroxylation is 2. The summed E-state index contributed by atoms with van der Waals surface area (Å²) in [5, 5.41) is 13.0. The average molecular weight is 219 g/mol. The summed E-state index contributed by atoms with van der Waals surface area (Å²) in [6.45, 7) is 6.54. The van der Waals surface area contributed by atoms with Crippen LogP contribution in [-0.2, 0) is 6.42 Å². The SMILES string of the molecule is Cc1ccc(C)c(CC2(CO)CCNC2)c1. The summed E-state index contributed by atoms with van der Waals surface area (Å²) < 4.78 is 0. The summed E-state index contributed by atoms with van der Waals surface area (Å²) in [6, 6.07) is 6.58. The van der Waals surface area contributed by atoms with Gasteiger partial charge in [-0.05, 0) is 44.4 Å². The number of hydrogen-bond acceptors (Lipinski definition) is 2. The van der Waals surface area contributed by atoms with E-state index >= 15 is 0 Å². The highest BCUT2D eigenvalue weighted by Crippen LogP contribution is 2.30. The van der Waals surface area contributed by atoms with E-state index in [1.54, 1.807) is 0 Å². The first-order valence-electron chi connectivity index (χ1n) is 6.03. The van der Waals surface area contributed by atoms with Gasteiger partial charge in [0.05, 0.1) is 6.61 Å². The Labute approximate surface area is 97.7 Å². The van der Waals surface area contributed by atoms with Gasteiger partial charge in [0.1, 0.15) is 0 Å². The molecule has 2 N–H and O–H groups in total. The molecule has 2 rings (SSSR count). The minimum Gasteiger partial charge on any atom is -0.396 e. The number of hydrogen-bond donors (Lipinski definition) is 2. The van der Waals surface area contributed by atoms with Gasteiger partial charge in [-0.25, -0.2) is 0 Å². The molecule has 1 aromatic rings. The lowest BCUT2D eigenvalue weighted by Gasteiger charge is -2.26. The molecule has 0 aliphatic carbocycles. The first kappa shape index (κ1) is 11.6. The molecule has 0 aromatic heterocycles. The van der Waals surface area contributed by atoms with Crippen LogP contribution in [0, 0.1) is 19.3 Å². The van der Waals surface area contributed by atoms with Crippen molar-refractivity contribution in [2.24, 2.45) is 5.41 Å². The summed E-state index contributed by atoms with van der Waals surface area (Å²) in [7, 11) is 0. The van der Waals surface area contributed by atoms with E-state index in [1.807, 2.05) is 0 Å². The predicted molar refractivity (Wildman–Crippen MR) is 66.6 cm³/mol. The second-order valence-electron chi connectivity index (χ2n) is 5.19. The Bertz CT molecular complexity index is 367. The summed E-state index contributed by atoms with van der Waals surface area (Å²) in [4.78, 5) is 0. The highest BCUT2D eigenvalue weighted by Gasteiger charge is 2.33. The maximum absolute atomic E-state index is 9.60. The number of rotatable bonds is 3. The molecule has 16 heavy (non-hydrogen) atoms. The fraction of sp³-hybridized carbons (Fsp3) is 0.571. The Morgan fingerprint density at radius 1 is 1.38 bits per heavy atom. The maximum Gasteiger partial charge on any atom is 0.0503 e. The normalized spacial score (nSPS) is 24.9. The van der Waals surface area contributed by atoms with Gasteiger partial charge < -0.3 is 10.4 Å². The van der Waals surface area contributed by atoms with Crippen molar-refractivity contribution in [3.63, 3.8) is 0 Å². The zero-order valence-electron chi connectivity index (χ0n) is 10.2. The molecule has 0 saturated carbocycles. The molecule has 1 saturated heterocycles. The Hall–Kier alpha value is -0.860. The molecule has 1 fully saturated rings. The van der Waals surface area contributed by atoms with Crippen molar-refractivity contribution in [1.29, 1.82) is 0 Å². The van der Waals surface area contributed by atoms with Crippen LogP contribution in [0.1, 0.15) is 23.1 Å². The van der Waals surface area contributed by atoms with E-state index in [0.29, 0.717) is 0 Å². The smallest absolute Gasteiger partial charge is 0.0503 e. The minimum absolute atomic E-state index is 0.0680. The van der Waals surface area contributed by atoms with Crippen LogP contribution in [0.4, 0.5) is 0 Å². The highest BCUT2D eigenvalue weighted by molar-refractivity contribution is 5.31. The molecule has 2 heteroatoms. The van der Waals surface area contributed by atoms with E-state index in [-0.39, 0.29) is 12.0 Å². The van der Waals surface area contributed by atoms with Gasteiger partial charge in [0, 0.05) is 12.0 Å². The van der Waals surface area contributed by atoms with Crippen molar-refractivity contribution < 1.29 is 5.11 Å². The third-order valence-corrected chi connectivity index (χ3v) is 3.74. The van der Waals surface area contributed by atoms with Crippen molar-refractivity contribution in [3.05, 3.63) is 34.9 Å². The van der Waals surface area contributed by atoms with Gasteiger partial charge >= 0.3 is 0 Å². The Balaban J connectivity index is 2.21. The zero-order valence-corrected chi connectivity index (χ0v) is 10.2. The third kappa shape index (κ3) is 2.28. The molecular formula is C14H21NO. The molecule has 1 aliphatic rings. The van der Waals surface area contributed by atoms with Crippen LogP contribution in [0.3, 0.4) is 0 Å². The van der Waals surface area contributed by atoms with Gasteiger partial charge in [-0.3, -0.25) is 0 Å². The van der Waals surface area contributed by atoms with Crippen molar-refractivity contribution in [2.75, 3.05) is 19.7 Å². The third-order valence-electron chi connectivity index (χ3n) is 3.74. The van der Waals surface area contributed by atoms with Gasteiger partial charge in [0.25, 0.3) is 0 Å². The lowest BCUT2D eigenvalue weighted by molar-refractivity contribution is 0.142. The fourth-order valence-electron chi connectivity index (χ4n) is 2.53. The Morgan fingerprint density at radius 2 is 2.19 bits per heavy atom. The molecule has 0 radical (unpaired) electrons. The van der Waals surface area contributed by atoms with Crippen molar-refractivity contribution in [2.45, 2.75) is 26.7 Å². The molecular weight excluding hydrogens is 198 g/mol. The van der Waals surface area contributed by atoms with Crippen LogP contribution < -0.4 is 5.32 Å². The largest absolute Gasteiger partial charge is 0.396 e. The van der Waals surface area contributed by atoms with E-state index in [1.165, 1.54) is 16.7 Å². The molecule has 1 atom stereocenters. The number of benzene rings is 1. The number of nitrogens with one attached hydrogen (secondary N) is 1. The first-order chi connectivity index (χ1) is 7.65. The fourth-order valence-corrected chi connectivity index (χ4v) is 2.53. The monoisotopic (exact) mass is 219 g/mol. The number of aliphatic hydroxyl groups is 1. The van der Waals surface area contributed by atoms with Gasteiger partial charge in [0.2, 0.25) is 0 Å². The molecule has 0 spiro atoms. The van der Waals surface area contributed by atoms with E-state index in [2.05, 4.69) is 37.4 Å². The van der Waals surface area contributed by atoms with Crippen LogP contribution in [0.5, 0.6) is 0 Å². The summed E-state index contributed by atoms with van der Waals surface area (Å²) in [5.41, 5.74) is 4.10. The lowest BCUT2D eigenvalue weighted by Crippen LogP contribution is -2.31. The highest BCUT2D eigenvalue weighted by atomic mass is 16.3. The Kier molecular flexibility index (Phi) is 3.31. The summed E-state index contributed by atoms with van der Waals surface area (Å²) >= 11 is 0. The van der Waals surface area contributed by atoms with Crippen molar-refractivity contribution >= 4 is 0 Å². The van der Waals surface area contributed by atoms with Gasteiger partial charge in [-0.15, -0.1) is 0 Å². The predicted octanol–water partition coefficient (Wildman–Crippen LogP) is 1.82.